The molecule has 1 aromatic carbocycles. The van der Waals surface area contributed by atoms with Gasteiger partial charge < -0.3 is 15.5 Å². The molecular formula is C20H27N3O2. The molecule has 3 rings (SSSR count). The van der Waals surface area contributed by atoms with Crippen LogP contribution in [0.1, 0.15) is 44.1 Å². The van der Waals surface area contributed by atoms with Crippen LogP contribution in [0.4, 0.5) is 4.79 Å². The monoisotopic (exact) mass is 341 g/mol. The van der Waals surface area contributed by atoms with Gasteiger partial charge in [0.1, 0.15) is 0 Å². The van der Waals surface area contributed by atoms with Crippen molar-refractivity contribution >= 4 is 17.5 Å². The average molecular weight is 341 g/mol. The highest BCUT2D eigenvalue weighted by atomic mass is 16.2. The number of carbonyl (C=O) groups excluding carboxylic acids is 2. The first-order valence-electron chi connectivity index (χ1n) is 9.29. The van der Waals surface area contributed by atoms with E-state index < -0.39 is 0 Å². The molecule has 5 heteroatoms. The fourth-order valence-corrected chi connectivity index (χ4v) is 3.57. The molecule has 1 aromatic rings. The molecule has 2 N–H and O–H groups in total. The van der Waals surface area contributed by atoms with Gasteiger partial charge in [0.15, 0.2) is 0 Å². The molecule has 0 spiro atoms. The second-order valence-corrected chi connectivity index (χ2v) is 6.86. The van der Waals surface area contributed by atoms with E-state index in [1.807, 2.05) is 23.1 Å². The van der Waals surface area contributed by atoms with Gasteiger partial charge in [-0.3, -0.25) is 4.79 Å². The van der Waals surface area contributed by atoms with Crippen LogP contribution in [-0.4, -0.2) is 42.5 Å². The van der Waals surface area contributed by atoms with E-state index in [1.54, 1.807) is 0 Å². The zero-order valence-electron chi connectivity index (χ0n) is 14.7. The van der Waals surface area contributed by atoms with Gasteiger partial charge in [-0.05, 0) is 30.4 Å². The van der Waals surface area contributed by atoms with Gasteiger partial charge >= 0.3 is 6.03 Å². The van der Waals surface area contributed by atoms with Crippen LogP contribution in [0.25, 0.3) is 5.57 Å². The summed E-state index contributed by atoms with van der Waals surface area (Å²) >= 11 is 0. The Morgan fingerprint density at radius 1 is 1.08 bits per heavy atom. The Kier molecular flexibility index (Phi) is 6.09. The molecule has 1 saturated carbocycles. The number of nitrogens with zero attached hydrogens (tertiary/aromatic N) is 1. The summed E-state index contributed by atoms with van der Waals surface area (Å²) in [4.78, 5) is 26.2. The largest absolute Gasteiger partial charge is 0.337 e. The molecule has 2 aliphatic rings. The van der Waals surface area contributed by atoms with Crippen molar-refractivity contribution in [1.82, 2.24) is 15.5 Å². The topological polar surface area (TPSA) is 61.4 Å². The number of rotatable bonds is 4. The molecule has 1 fully saturated rings. The van der Waals surface area contributed by atoms with Crippen LogP contribution < -0.4 is 10.6 Å². The lowest BCUT2D eigenvalue weighted by Crippen LogP contribution is -2.47. The zero-order valence-corrected chi connectivity index (χ0v) is 14.7. The lowest BCUT2D eigenvalue weighted by molar-refractivity contribution is -0.129. The van der Waals surface area contributed by atoms with E-state index in [0.29, 0.717) is 13.1 Å². The Labute approximate surface area is 149 Å². The second kappa shape index (κ2) is 8.70. The minimum atomic E-state index is -0.226. The maximum atomic E-state index is 12.4. The van der Waals surface area contributed by atoms with E-state index >= 15 is 0 Å². The number of amides is 3. The summed E-state index contributed by atoms with van der Waals surface area (Å²) in [7, 11) is 0. The number of carbonyl (C=O) groups is 2. The molecule has 1 aliphatic heterocycles. The highest BCUT2D eigenvalue weighted by Crippen LogP contribution is 2.20. The fourth-order valence-electron chi connectivity index (χ4n) is 3.57. The minimum absolute atomic E-state index is 0.0275. The number of benzene rings is 1. The summed E-state index contributed by atoms with van der Waals surface area (Å²) in [5.41, 5.74) is 2.33. The van der Waals surface area contributed by atoms with Gasteiger partial charge in [-0.15, -0.1) is 0 Å². The van der Waals surface area contributed by atoms with Crippen molar-refractivity contribution in [3.05, 3.63) is 42.0 Å². The van der Waals surface area contributed by atoms with Crippen molar-refractivity contribution in [2.24, 2.45) is 0 Å². The number of hydrogen-bond acceptors (Lipinski definition) is 2. The Bertz CT molecular complexity index is 621. The summed E-state index contributed by atoms with van der Waals surface area (Å²) in [6.07, 6.45) is 8.73. The Morgan fingerprint density at radius 3 is 2.60 bits per heavy atom. The molecule has 0 radical (unpaired) electrons. The SMILES string of the molecule is O=C(NCC(=O)N1CCC=C(c2ccccc2)C1)NC1CCCCC1. The van der Waals surface area contributed by atoms with Crippen molar-refractivity contribution < 1.29 is 9.59 Å². The van der Waals surface area contributed by atoms with Gasteiger partial charge in [0, 0.05) is 19.1 Å². The first-order chi connectivity index (χ1) is 12.2. The third-order valence-electron chi connectivity index (χ3n) is 4.99. The predicted octanol–water partition coefficient (Wildman–Crippen LogP) is 2.93. The van der Waals surface area contributed by atoms with Crippen molar-refractivity contribution in [2.45, 2.75) is 44.6 Å². The highest BCUT2D eigenvalue weighted by molar-refractivity contribution is 5.85. The van der Waals surface area contributed by atoms with E-state index in [-0.39, 0.29) is 24.5 Å². The Hall–Kier alpha value is -2.30. The predicted molar refractivity (Wildman–Crippen MR) is 99.0 cm³/mol. The van der Waals surface area contributed by atoms with Gasteiger partial charge in [0.05, 0.1) is 6.54 Å². The van der Waals surface area contributed by atoms with Crippen LogP contribution in [0.3, 0.4) is 0 Å². The first kappa shape index (κ1) is 17.5. The van der Waals surface area contributed by atoms with Crippen molar-refractivity contribution in [3.63, 3.8) is 0 Å². The molecule has 134 valence electrons. The molecule has 1 aliphatic carbocycles. The zero-order chi connectivity index (χ0) is 17.5. The lowest BCUT2D eigenvalue weighted by atomic mass is 9.96. The number of hydrogen-bond donors (Lipinski definition) is 2. The summed E-state index contributed by atoms with van der Waals surface area (Å²) < 4.78 is 0. The Morgan fingerprint density at radius 2 is 1.84 bits per heavy atom. The van der Waals surface area contributed by atoms with E-state index in [1.165, 1.54) is 24.8 Å². The third-order valence-corrected chi connectivity index (χ3v) is 4.99. The van der Waals surface area contributed by atoms with Crippen LogP contribution in [0.5, 0.6) is 0 Å². The molecule has 0 aromatic heterocycles. The van der Waals surface area contributed by atoms with Crippen LogP contribution in [0.2, 0.25) is 0 Å². The number of nitrogens with one attached hydrogen (secondary N) is 2. The summed E-state index contributed by atoms with van der Waals surface area (Å²) in [5.74, 6) is -0.0275. The molecule has 0 bridgehead atoms. The van der Waals surface area contributed by atoms with Gasteiger partial charge in [-0.1, -0.05) is 55.7 Å². The van der Waals surface area contributed by atoms with E-state index in [2.05, 4.69) is 28.8 Å². The molecular weight excluding hydrogens is 314 g/mol. The van der Waals surface area contributed by atoms with Gasteiger partial charge in [-0.2, -0.15) is 0 Å². The average Bonchev–Trinajstić information content (AvgIpc) is 2.68. The van der Waals surface area contributed by atoms with Crippen LogP contribution >= 0.6 is 0 Å². The van der Waals surface area contributed by atoms with Gasteiger partial charge in [0.25, 0.3) is 0 Å². The molecule has 1 heterocycles. The summed E-state index contributed by atoms with van der Waals surface area (Å²) in [5, 5.41) is 5.70. The minimum Gasteiger partial charge on any atom is -0.337 e. The molecule has 25 heavy (non-hydrogen) atoms. The molecule has 3 amide bonds. The van der Waals surface area contributed by atoms with Gasteiger partial charge in [0.2, 0.25) is 5.91 Å². The van der Waals surface area contributed by atoms with Crippen LogP contribution in [-0.2, 0) is 4.79 Å². The molecule has 0 saturated heterocycles. The summed E-state index contributed by atoms with van der Waals surface area (Å²) in [6, 6.07) is 10.2. The quantitative estimate of drug-likeness (QED) is 0.884. The standard InChI is InChI=1S/C20H27N3O2/c24-19(14-21-20(25)22-18-11-5-2-6-12-18)23-13-7-10-17(15-23)16-8-3-1-4-9-16/h1,3-4,8-10,18H,2,5-7,11-15H2,(H2,21,22,25). The normalized spacial score (nSPS) is 18.4. The molecule has 0 atom stereocenters. The summed E-state index contributed by atoms with van der Waals surface area (Å²) in [6.45, 7) is 1.37. The molecule has 0 unspecified atom stereocenters. The van der Waals surface area contributed by atoms with Crippen LogP contribution in [0, 0.1) is 0 Å². The van der Waals surface area contributed by atoms with Crippen molar-refractivity contribution in [1.29, 1.82) is 0 Å². The lowest BCUT2D eigenvalue weighted by Gasteiger charge is -2.28. The maximum Gasteiger partial charge on any atom is 0.315 e. The second-order valence-electron chi connectivity index (χ2n) is 6.86. The third kappa shape index (κ3) is 5.08. The van der Waals surface area contributed by atoms with E-state index in [0.717, 1.165) is 24.8 Å². The van der Waals surface area contributed by atoms with E-state index in [4.69, 9.17) is 0 Å². The molecule has 5 nitrogen and oxygen atoms in total. The van der Waals surface area contributed by atoms with Crippen LogP contribution in [0.15, 0.2) is 36.4 Å². The van der Waals surface area contributed by atoms with Crippen molar-refractivity contribution in [3.8, 4) is 0 Å². The van der Waals surface area contributed by atoms with Crippen molar-refractivity contribution in [2.75, 3.05) is 19.6 Å². The first-order valence-corrected chi connectivity index (χ1v) is 9.29. The number of urea groups is 1. The van der Waals surface area contributed by atoms with Gasteiger partial charge in [-0.25, -0.2) is 4.79 Å². The highest BCUT2D eigenvalue weighted by Gasteiger charge is 2.20. The fraction of sp³-hybridized carbons (Fsp3) is 0.500. The maximum absolute atomic E-state index is 12.4. The Balaban J connectivity index is 1.45. The van der Waals surface area contributed by atoms with E-state index in [9.17, 15) is 9.59 Å². The smallest absolute Gasteiger partial charge is 0.315 e.